The summed E-state index contributed by atoms with van der Waals surface area (Å²) in [5.41, 5.74) is 1.04. The Labute approximate surface area is 162 Å². The van der Waals surface area contributed by atoms with Crippen molar-refractivity contribution < 1.29 is 14.3 Å². The summed E-state index contributed by atoms with van der Waals surface area (Å²) in [5.74, 6) is -1.13. The molecule has 2 aromatic heterocycles. The van der Waals surface area contributed by atoms with Gasteiger partial charge in [-0.05, 0) is 6.07 Å². The summed E-state index contributed by atoms with van der Waals surface area (Å²) in [5, 5.41) is 5.25. The highest BCUT2D eigenvalue weighted by Crippen LogP contribution is 2.24. The molecule has 0 saturated carbocycles. The van der Waals surface area contributed by atoms with Crippen LogP contribution in [0.15, 0.2) is 48.0 Å². The lowest BCUT2D eigenvalue weighted by atomic mass is 10.2. The Balaban J connectivity index is 1.57. The van der Waals surface area contributed by atoms with Gasteiger partial charge in [0.15, 0.2) is 18.1 Å². The number of hydrogen-bond acceptors (Lipinski definition) is 6. The number of anilines is 1. The van der Waals surface area contributed by atoms with Crippen molar-refractivity contribution in [3.05, 3.63) is 63.7 Å². The summed E-state index contributed by atoms with van der Waals surface area (Å²) in [6.07, 6.45) is 1.34. The van der Waals surface area contributed by atoms with Crippen molar-refractivity contribution in [2.24, 2.45) is 0 Å². The molecule has 3 rings (SSSR count). The third-order valence-corrected chi connectivity index (χ3v) is 4.52. The summed E-state index contributed by atoms with van der Waals surface area (Å²) in [6.45, 7) is -0.488. The number of carbonyl (C=O) groups excluding carboxylic acids is 2. The Kier molecular flexibility index (Phi) is 5.82. The van der Waals surface area contributed by atoms with Crippen molar-refractivity contribution in [1.29, 1.82) is 0 Å². The highest BCUT2D eigenvalue weighted by Gasteiger charge is 2.15. The molecule has 0 fully saturated rings. The molecule has 9 heteroatoms. The highest BCUT2D eigenvalue weighted by atomic mass is 35.5. The summed E-state index contributed by atoms with van der Waals surface area (Å²) in [7, 11) is 0. The molecule has 0 atom stereocenters. The first-order valence-electron chi connectivity index (χ1n) is 7.32. The second kappa shape index (κ2) is 8.27. The Morgan fingerprint density at radius 2 is 1.96 bits per heavy atom. The fourth-order valence-electron chi connectivity index (χ4n) is 1.96. The van der Waals surface area contributed by atoms with Crippen molar-refractivity contribution in [1.82, 2.24) is 9.97 Å². The van der Waals surface area contributed by atoms with E-state index in [9.17, 15) is 9.59 Å². The van der Waals surface area contributed by atoms with Crippen molar-refractivity contribution in [3.63, 3.8) is 0 Å². The molecule has 132 valence electrons. The summed E-state index contributed by atoms with van der Waals surface area (Å²) in [4.78, 5) is 32.0. The van der Waals surface area contributed by atoms with Crippen LogP contribution in [0.5, 0.6) is 0 Å². The molecule has 0 unspecified atom stereocenters. The zero-order valence-corrected chi connectivity index (χ0v) is 15.4. The van der Waals surface area contributed by atoms with Crippen LogP contribution in [0.4, 0.5) is 5.82 Å². The van der Waals surface area contributed by atoms with Crippen LogP contribution in [0.2, 0.25) is 10.0 Å². The lowest BCUT2D eigenvalue weighted by molar-refractivity contribution is -0.119. The first-order valence-corrected chi connectivity index (χ1v) is 8.95. The smallest absolute Gasteiger partial charge is 0.358 e. The molecule has 0 saturated heterocycles. The molecule has 1 amide bonds. The summed E-state index contributed by atoms with van der Waals surface area (Å²) < 4.78 is 4.97. The van der Waals surface area contributed by atoms with Gasteiger partial charge in [0.25, 0.3) is 5.91 Å². The van der Waals surface area contributed by atoms with Crippen molar-refractivity contribution in [2.75, 3.05) is 11.9 Å². The van der Waals surface area contributed by atoms with E-state index in [1.165, 1.54) is 23.6 Å². The predicted octanol–water partition coefficient (Wildman–Crippen LogP) is 4.31. The molecule has 3 aromatic rings. The van der Waals surface area contributed by atoms with E-state index in [2.05, 4.69) is 15.3 Å². The van der Waals surface area contributed by atoms with E-state index >= 15 is 0 Å². The zero-order chi connectivity index (χ0) is 18.5. The molecule has 1 N–H and O–H groups in total. The van der Waals surface area contributed by atoms with E-state index in [0.717, 1.165) is 5.56 Å². The van der Waals surface area contributed by atoms with Gasteiger partial charge in [0.05, 0.1) is 10.0 Å². The fraction of sp³-hybridized carbons (Fsp3) is 0.0588. The largest absolute Gasteiger partial charge is 0.451 e. The number of benzene rings is 1. The van der Waals surface area contributed by atoms with Gasteiger partial charge in [-0.3, -0.25) is 4.79 Å². The van der Waals surface area contributed by atoms with Gasteiger partial charge in [0, 0.05) is 17.1 Å². The SMILES string of the molecule is O=C(COC(=O)c1csc(-c2ccccc2)n1)Nc1ncc(Cl)cc1Cl. The number of hydrogen-bond donors (Lipinski definition) is 1. The number of halogens is 2. The van der Waals surface area contributed by atoms with Crippen LogP contribution in [0, 0.1) is 0 Å². The predicted molar refractivity (Wildman–Crippen MR) is 101 cm³/mol. The van der Waals surface area contributed by atoms with Gasteiger partial charge in [0.1, 0.15) is 5.01 Å². The Morgan fingerprint density at radius 3 is 2.69 bits per heavy atom. The van der Waals surface area contributed by atoms with Gasteiger partial charge >= 0.3 is 5.97 Å². The quantitative estimate of drug-likeness (QED) is 0.637. The number of thiazole rings is 1. The number of nitrogens with zero attached hydrogens (tertiary/aromatic N) is 2. The van der Waals surface area contributed by atoms with Gasteiger partial charge in [-0.25, -0.2) is 14.8 Å². The average molecular weight is 408 g/mol. The third kappa shape index (κ3) is 4.57. The minimum Gasteiger partial charge on any atom is -0.451 e. The van der Waals surface area contributed by atoms with Gasteiger partial charge in [-0.1, -0.05) is 53.5 Å². The van der Waals surface area contributed by atoms with E-state index in [0.29, 0.717) is 10.0 Å². The van der Waals surface area contributed by atoms with E-state index in [1.807, 2.05) is 30.3 Å². The Bertz CT molecular complexity index is 947. The highest BCUT2D eigenvalue weighted by molar-refractivity contribution is 7.13. The maximum Gasteiger partial charge on any atom is 0.358 e. The van der Waals surface area contributed by atoms with Crippen LogP contribution < -0.4 is 5.32 Å². The number of pyridine rings is 1. The topological polar surface area (TPSA) is 81.2 Å². The maximum atomic E-state index is 12.0. The van der Waals surface area contributed by atoms with Crippen molar-refractivity contribution in [3.8, 4) is 10.6 Å². The standard InChI is InChI=1S/C17H11Cl2N3O3S/c18-11-6-12(19)15(20-7-11)22-14(23)8-25-17(24)13-9-26-16(21-13)10-4-2-1-3-5-10/h1-7,9H,8H2,(H,20,22,23). The Morgan fingerprint density at radius 1 is 1.19 bits per heavy atom. The van der Waals surface area contributed by atoms with Crippen LogP contribution in [0.3, 0.4) is 0 Å². The number of rotatable bonds is 5. The minimum absolute atomic E-state index is 0.136. The van der Waals surface area contributed by atoms with Crippen LogP contribution in [-0.4, -0.2) is 28.5 Å². The summed E-state index contributed by atoms with van der Waals surface area (Å²) >= 11 is 13.0. The molecule has 0 radical (unpaired) electrons. The second-order valence-corrected chi connectivity index (χ2v) is 6.71. The van der Waals surface area contributed by atoms with E-state index in [-0.39, 0.29) is 16.5 Å². The van der Waals surface area contributed by atoms with Gasteiger partial charge in [-0.2, -0.15) is 0 Å². The molecular weight excluding hydrogens is 397 g/mol. The maximum absolute atomic E-state index is 12.0. The van der Waals surface area contributed by atoms with E-state index in [1.54, 1.807) is 5.38 Å². The van der Waals surface area contributed by atoms with Crippen molar-refractivity contribution >= 4 is 52.2 Å². The lowest BCUT2D eigenvalue weighted by Gasteiger charge is -2.06. The number of aromatic nitrogens is 2. The van der Waals surface area contributed by atoms with E-state index in [4.69, 9.17) is 27.9 Å². The van der Waals surface area contributed by atoms with E-state index < -0.39 is 18.5 Å². The van der Waals surface area contributed by atoms with Crippen LogP contribution in [0.1, 0.15) is 10.5 Å². The molecule has 6 nitrogen and oxygen atoms in total. The first kappa shape index (κ1) is 18.3. The zero-order valence-electron chi connectivity index (χ0n) is 13.1. The number of ether oxygens (including phenoxy) is 1. The third-order valence-electron chi connectivity index (χ3n) is 3.13. The molecule has 0 spiro atoms. The van der Waals surface area contributed by atoms with Gasteiger partial charge in [-0.15, -0.1) is 11.3 Å². The fourth-order valence-corrected chi connectivity index (χ4v) is 3.18. The lowest BCUT2D eigenvalue weighted by Crippen LogP contribution is -2.21. The molecular formula is C17H11Cl2N3O3S. The number of nitrogens with one attached hydrogen (secondary N) is 1. The molecule has 1 aromatic carbocycles. The summed E-state index contributed by atoms with van der Waals surface area (Å²) in [6, 6.07) is 10.9. The molecule has 0 aliphatic carbocycles. The monoisotopic (exact) mass is 407 g/mol. The van der Waals surface area contributed by atoms with Crippen LogP contribution >= 0.6 is 34.5 Å². The molecule has 0 aliphatic rings. The number of amides is 1. The van der Waals surface area contributed by atoms with Crippen molar-refractivity contribution in [2.45, 2.75) is 0 Å². The van der Waals surface area contributed by atoms with Crippen LogP contribution in [0.25, 0.3) is 10.6 Å². The second-order valence-electron chi connectivity index (χ2n) is 5.01. The molecule has 0 bridgehead atoms. The average Bonchev–Trinajstić information content (AvgIpc) is 3.13. The minimum atomic E-state index is -0.686. The molecule has 2 heterocycles. The normalized spacial score (nSPS) is 10.4. The molecule has 26 heavy (non-hydrogen) atoms. The first-order chi connectivity index (χ1) is 12.5. The van der Waals surface area contributed by atoms with Gasteiger partial charge in [0.2, 0.25) is 0 Å². The number of carbonyl (C=O) groups is 2. The molecule has 0 aliphatic heterocycles. The van der Waals surface area contributed by atoms with Gasteiger partial charge < -0.3 is 10.1 Å². The Hall–Kier alpha value is -2.48. The van der Waals surface area contributed by atoms with Crippen LogP contribution in [-0.2, 0) is 9.53 Å². The number of esters is 1.